The lowest BCUT2D eigenvalue weighted by molar-refractivity contribution is 0.761. The molecule has 1 aromatic heterocycles. The molecule has 5 heteroatoms. The molecule has 0 spiro atoms. The molecule has 0 aliphatic carbocycles. The Kier molecular flexibility index (Phi) is 5.63. The summed E-state index contributed by atoms with van der Waals surface area (Å²) in [5, 5.41) is 9.66. The highest BCUT2D eigenvalue weighted by molar-refractivity contribution is 7.98. The maximum absolute atomic E-state index is 4.35. The first kappa shape index (κ1) is 17.1. The third-order valence-electron chi connectivity index (χ3n) is 3.76. The Bertz CT molecular complexity index is 810. The number of aryl methyl sites for hydroxylation is 2. The third kappa shape index (κ3) is 4.42. The first-order valence-electron chi connectivity index (χ1n) is 7.88. The van der Waals surface area contributed by atoms with E-state index in [1.807, 2.05) is 7.05 Å². The Morgan fingerprint density at radius 1 is 0.875 bits per heavy atom. The van der Waals surface area contributed by atoms with Crippen LogP contribution in [0.25, 0.3) is 0 Å². The fraction of sp³-hybridized carbons (Fsp3) is 0.263. The van der Waals surface area contributed by atoms with Gasteiger partial charge in [0.25, 0.3) is 0 Å². The third-order valence-corrected chi connectivity index (χ3v) is 5.86. The maximum Gasteiger partial charge on any atom is 0.191 e. The van der Waals surface area contributed by atoms with Crippen molar-refractivity contribution in [2.45, 2.75) is 35.4 Å². The molecule has 3 rings (SSSR count). The van der Waals surface area contributed by atoms with E-state index in [4.69, 9.17) is 0 Å². The van der Waals surface area contributed by atoms with E-state index in [2.05, 4.69) is 77.1 Å². The highest BCUT2D eigenvalue weighted by atomic mass is 32.2. The van der Waals surface area contributed by atoms with Gasteiger partial charge in [-0.15, -0.1) is 22.0 Å². The molecule has 0 aliphatic heterocycles. The van der Waals surface area contributed by atoms with Crippen molar-refractivity contribution in [1.82, 2.24) is 14.8 Å². The monoisotopic (exact) mass is 355 g/mol. The molecule has 2 aromatic carbocycles. The highest BCUT2D eigenvalue weighted by Gasteiger charge is 2.10. The summed E-state index contributed by atoms with van der Waals surface area (Å²) < 4.78 is 2.10. The molecule has 1 heterocycles. The van der Waals surface area contributed by atoms with Crippen molar-refractivity contribution in [1.29, 1.82) is 0 Å². The molecular weight excluding hydrogens is 334 g/mol. The molecule has 0 atom stereocenters. The van der Waals surface area contributed by atoms with Crippen molar-refractivity contribution in [3.05, 3.63) is 71.0 Å². The van der Waals surface area contributed by atoms with Crippen LogP contribution in [0, 0.1) is 13.8 Å². The number of thioether (sulfide) groups is 2. The van der Waals surface area contributed by atoms with Crippen LogP contribution in [0.4, 0.5) is 0 Å². The Morgan fingerprint density at radius 3 is 2.42 bits per heavy atom. The molecule has 0 saturated heterocycles. The van der Waals surface area contributed by atoms with Gasteiger partial charge in [0.05, 0.1) is 5.75 Å². The van der Waals surface area contributed by atoms with Gasteiger partial charge in [-0.25, -0.2) is 0 Å². The van der Waals surface area contributed by atoms with Crippen LogP contribution in [0.15, 0.2) is 58.6 Å². The SMILES string of the molecule is Cc1ccc(SCc2nnc(SCc3cccc(C)c3)n2C)cc1. The number of hydrogen-bond donors (Lipinski definition) is 0. The second-order valence-electron chi connectivity index (χ2n) is 5.84. The molecule has 0 saturated carbocycles. The van der Waals surface area contributed by atoms with E-state index in [1.54, 1.807) is 23.5 Å². The molecule has 24 heavy (non-hydrogen) atoms. The minimum absolute atomic E-state index is 0.831. The van der Waals surface area contributed by atoms with Gasteiger partial charge in [0, 0.05) is 17.7 Å². The van der Waals surface area contributed by atoms with Gasteiger partial charge in [-0.05, 0) is 31.5 Å². The fourth-order valence-electron chi connectivity index (χ4n) is 2.33. The average Bonchev–Trinajstić information content (AvgIpc) is 2.93. The fourth-order valence-corrected chi connectivity index (χ4v) is 4.08. The summed E-state index contributed by atoms with van der Waals surface area (Å²) in [6, 6.07) is 17.2. The average molecular weight is 356 g/mol. The van der Waals surface area contributed by atoms with Gasteiger partial charge in [-0.3, -0.25) is 0 Å². The zero-order chi connectivity index (χ0) is 16.9. The summed E-state index contributed by atoms with van der Waals surface area (Å²) in [6.07, 6.45) is 0. The van der Waals surface area contributed by atoms with E-state index in [9.17, 15) is 0 Å². The van der Waals surface area contributed by atoms with Crippen LogP contribution < -0.4 is 0 Å². The summed E-state index contributed by atoms with van der Waals surface area (Å²) >= 11 is 3.53. The van der Waals surface area contributed by atoms with Crippen LogP contribution in [0.3, 0.4) is 0 Å². The standard InChI is InChI=1S/C19H21N3S2/c1-14-7-9-17(10-8-14)23-13-18-20-21-19(22(18)3)24-12-16-6-4-5-15(2)11-16/h4-11H,12-13H2,1-3H3. The summed E-state index contributed by atoms with van der Waals surface area (Å²) in [4.78, 5) is 1.26. The molecule has 3 aromatic rings. The molecule has 0 unspecified atom stereocenters. The van der Waals surface area contributed by atoms with E-state index in [-0.39, 0.29) is 0 Å². The van der Waals surface area contributed by atoms with Gasteiger partial charge < -0.3 is 4.57 Å². The molecular formula is C19H21N3S2. The van der Waals surface area contributed by atoms with Crippen molar-refractivity contribution in [3.63, 3.8) is 0 Å². The first-order valence-corrected chi connectivity index (χ1v) is 9.85. The van der Waals surface area contributed by atoms with Gasteiger partial charge >= 0.3 is 0 Å². The molecule has 0 aliphatic rings. The van der Waals surface area contributed by atoms with Gasteiger partial charge in [0.2, 0.25) is 0 Å². The van der Waals surface area contributed by atoms with Crippen molar-refractivity contribution in [3.8, 4) is 0 Å². The Hall–Kier alpha value is -1.72. The van der Waals surface area contributed by atoms with E-state index >= 15 is 0 Å². The van der Waals surface area contributed by atoms with Crippen molar-refractivity contribution < 1.29 is 0 Å². The lowest BCUT2D eigenvalue weighted by atomic mass is 10.2. The van der Waals surface area contributed by atoms with Crippen LogP contribution in [0.5, 0.6) is 0 Å². The molecule has 0 fully saturated rings. The Balaban J connectivity index is 1.60. The molecule has 0 N–H and O–H groups in total. The van der Waals surface area contributed by atoms with E-state index in [0.29, 0.717) is 0 Å². The summed E-state index contributed by atoms with van der Waals surface area (Å²) in [5.41, 5.74) is 3.90. The predicted octanol–water partition coefficient (Wildman–Crippen LogP) is 5.02. The second kappa shape index (κ2) is 7.90. The van der Waals surface area contributed by atoms with Crippen LogP contribution in [-0.4, -0.2) is 14.8 Å². The minimum atomic E-state index is 0.831. The van der Waals surface area contributed by atoms with Crippen LogP contribution in [-0.2, 0) is 18.6 Å². The normalized spacial score (nSPS) is 11.0. The zero-order valence-electron chi connectivity index (χ0n) is 14.2. The highest BCUT2D eigenvalue weighted by Crippen LogP contribution is 2.25. The quantitative estimate of drug-likeness (QED) is 0.581. The number of rotatable bonds is 6. The summed E-state index contributed by atoms with van der Waals surface area (Å²) in [5.74, 6) is 2.75. The topological polar surface area (TPSA) is 30.7 Å². The smallest absolute Gasteiger partial charge is 0.191 e. The summed E-state index contributed by atoms with van der Waals surface area (Å²) in [6.45, 7) is 4.23. The molecule has 3 nitrogen and oxygen atoms in total. The molecule has 0 bridgehead atoms. The lowest BCUT2D eigenvalue weighted by Crippen LogP contribution is -1.97. The van der Waals surface area contributed by atoms with Crippen LogP contribution in [0.1, 0.15) is 22.5 Å². The zero-order valence-corrected chi connectivity index (χ0v) is 15.8. The molecule has 0 amide bonds. The first-order chi connectivity index (χ1) is 11.6. The van der Waals surface area contributed by atoms with Crippen LogP contribution in [0.2, 0.25) is 0 Å². The van der Waals surface area contributed by atoms with Crippen molar-refractivity contribution in [2.24, 2.45) is 7.05 Å². The van der Waals surface area contributed by atoms with E-state index in [0.717, 1.165) is 22.5 Å². The van der Waals surface area contributed by atoms with Gasteiger partial charge in [0.1, 0.15) is 5.82 Å². The number of hydrogen-bond acceptors (Lipinski definition) is 4. The second-order valence-corrected chi connectivity index (χ2v) is 7.83. The lowest BCUT2D eigenvalue weighted by Gasteiger charge is -2.05. The Labute approximate surface area is 151 Å². The van der Waals surface area contributed by atoms with E-state index < -0.39 is 0 Å². The van der Waals surface area contributed by atoms with Crippen molar-refractivity contribution >= 4 is 23.5 Å². The molecule has 0 radical (unpaired) electrons. The number of nitrogens with zero attached hydrogens (tertiary/aromatic N) is 3. The van der Waals surface area contributed by atoms with E-state index in [1.165, 1.54) is 21.6 Å². The van der Waals surface area contributed by atoms with Crippen molar-refractivity contribution in [2.75, 3.05) is 0 Å². The van der Waals surface area contributed by atoms with Crippen LogP contribution >= 0.6 is 23.5 Å². The largest absolute Gasteiger partial charge is 0.308 e. The van der Waals surface area contributed by atoms with Gasteiger partial charge in [-0.1, -0.05) is 59.3 Å². The summed E-state index contributed by atoms with van der Waals surface area (Å²) in [7, 11) is 2.05. The molecule has 124 valence electrons. The number of benzene rings is 2. The Morgan fingerprint density at radius 2 is 1.67 bits per heavy atom. The number of aromatic nitrogens is 3. The minimum Gasteiger partial charge on any atom is -0.308 e. The van der Waals surface area contributed by atoms with Gasteiger partial charge in [0.15, 0.2) is 5.16 Å². The maximum atomic E-state index is 4.35. The predicted molar refractivity (Wildman–Crippen MR) is 102 cm³/mol. The van der Waals surface area contributed by atoms with Gasteiger partial charge in [-0.2, -0.15) is 0 Å².